The molecule has 0 atom stereocenters. The highest BCUT2D eigenvalue weighted by Crippen LogP contribution is 2.35. The van der Waals surface area contributed by atoms with Crippen molar-refractivity contribution in [2.75, 3.05) is 19.3 Å². The Labute approximate surface area is 192 Å². The molecule has 4 heterocycles. The number of aromatic nitrogens is 6. The van der Waals surface area contributed by atoms with E-state index in [4.69, 9.17) is 0 Å². The molecule has 14 heteroatoms. The molecule has 0 saturated carbocycles. The second kappa shape index (κ2) is 8.04. The molecule has 0 unspecified atom stereocenters. The predicted octanol–water partition coefficient (Wildman–Crippen LogP) is 2.58. The number of amides is 1. The predicted molar refractivity (Wildman–Crippen MR) is 116 cm³/mol. The number of hydrogen-bond acceptors (Lipinski definition) is 7. The molecule has 1 amide bonds. The monoisotopic (exact) mass is 495 g/mol. The van der Waals surface area contributed by atoms with Gasteiger partial charge in [0.1, 0.15) is 22.6 Å². The smallest absolute Gasteiger partial charge is 0.341 e. The number of fused-ring (bicyclic) bond motifs is 2. The van der Waals surface area contributed by atoms with E-state index < -0.39 is 27.5 Å². The fourth-order valence-corrected chi connectivity index (χ4v) is 4.40. The summed E-state index contributed by atoms with van der Waals surface area (Å²) in [6.07, 6.45) is -2.60. The molecule has 4 rings (SSSR count). The van der Waals surface area contributed by atoms with Crippen LogP contribution in [0.15, 0.2) is 29.6 Å². The summed E-state index contributed by atoms with van der Waals surface area (Å²) in [6.45, 7) is 3.61. The average molecular weight is 495 g/mol. The largest absolute Gasteiger partial charge is 0.417 e. The van der Waals surface area contributed by atoms with Gasteiger partial charge in [-0.2, -0.15) is 18.3 Å². The maximum Gasteiger partial charge on any atom is 0.417 e. The van der Waals surface area contributed by atoms with Gasteiger partial charge in [0.15, 0.2) is 26.2 Å². The van der Waals surface area contributed by atoms with Crippen molar-refractivity contribution in [2.24, 2.45) is 7.05 Å². The van der Waals surface area contributed by atoms with Gasteiger partial charge in [-0.15, -0.1) is 0 Å². The second-order valence-corrected chi connectivity index (χ2v) is 9.72. The van der Waals surface area contributed by atoms with Crippen LogP contribution in [0.5, 0.6) is 0 Å². The van der Waals surface area contributed by atoms with Gasteiger partial charge in [-0.05, 0) is 19.1 Å². The molecule has 4 aromatic heterocycles. The lowest BCUT2D eigenvalue weighted by Crippen LogP contribution is -2.28. The molecule has 10 nitrogen and oxygen atoms in total. The number of carbonyl (C=O) groups is 1. The molecule has 34 heavy (non-hydrogen) atoms. The molecule has 0 spiro atoms. The molecular weight excluding hydrogens is 475 g/mol. The highest BCUT2D eigenvalue weighted by molar-refractivity contribution is 7.91. The number of hydrogen-bond donors (Lipinski definition) is 0. The molecule has 0 aromatic carbocycles. The zero-order valence-electron chi connectivity index (χ0n) is 18.6. The quantitative estimate of drug-likeness (QED) is 0.418. The zero-order valence-corrected chi connectivity index (χ0v) is 19.4. The SMILES string of the molecule is CCN(C)C(=O)c1ccnc2c(-c3nc4cc(C(F)(F)F)cnc4n3C)c(S(=O)(=O)CC)nn12. The number of sulfone groups is 1. The highest BCUT2D eigenvalue weighted by atomic mass is 32.2. The Kier molecular flexibility index (Phi) is 5.58. The Morgan fingerprint density at radius 3 is 2.50 bits per heavy atom. The van der Waals surface area contributed by atoms with Gasteiger partial charge in [-0.3, -0.25) is 4.79 Å². The number of nitrogens with zero attached hydrogens (tertiary/aromatic N) is 7. The Bertz CT molecular complexity index is 1540. The van der Waals surface area contributed by atoms with Gasteiger partial charge in [0.25, 0.3) is 5.91 Å². The lowest BCUT2D eigenvalue weighted by atomic mass is 10.2. The van der Waals surface area contributed by atoms with Crippen LogP contribution in [-0.2, 0) is 23.1 Å². The van der Waals surface area contributed by atoms with E-state index in [9.17, 15) is 26.4 Å². The standard InChI is InChI=1S/C20H20F3N7O3S/c1-5-28(3)19(31)13-7-8-24-16-14(18(27-30(13)16)34(32,33)6-2)17-26-12-9-11(20(21,22)23)10-25-15(12)29(17)4/h7-10H,5-6H2,1-4H3. The summed E-state index contributed by atoms with van der Waals surface area (Å²) in [7, 11) is -0.865. The number of aryl methyl sites for hydroxylation is 1. The molecule has 0 aliphatic heterocycles. The Morgan fingerprint density at radius 1 is 1.18 bits per heavy atom. The van der Waals surface area contributed by atoms with Crippen molar-refractivity contribution in [3.05, 3.63) is 35.8 Å². The van der Waals surface area contributed by atoms with Crippen LogP contribution in [0.2, 0.25) is 0 Å². The van der Waals surface area contributed by atoms with Crippen LogP contribution in [0.25, 0.3) is 28.2 Å². The van der Waals surface area contributed by atoms with Crippen molar-refractivity contribution in [3.63, 3.8) is 0 Å². The Balaban J connectivity index is 2.07. The fraction of sp³-hybridized carbons (Fsp3) is 0.350. The third-order valence-electron chi connectivity index (χ3n) is 5.46. The maximum atomic E-state index is 13.2. The lowest BCUT2D eigenvalue weighted by molar-refractivity contribution is -0.137. The van der Waals surface area contributed by atoms with E-state index in [1.807, 2.05) is 0 Å². The van der Waals surface area contributed by atoms with Gasteiger partial charge in [-0.1, -0.05) is 6.92 Å². The first-order valence-corrected chi connectivity index (χ1v) is 11.8. The van der Waals surface area contributed by atoms with Crippen LogP contribution < -0.4 is 0 Å². The molecule has 0 radical (unpaired) electrons. The first-order valence-electron chi connectivity index (χ1n) is 10.2. The number of alkyl halides is 3. The van der Waals surface area contributed by atoms with Gasteiger partial charge in [0.2, 0.25) is 0 Å². The Morgan fingerprint density at radius 2 is 1.88 bits per heavy atom. The van der Waals surface area contributed by atoms with Crippen LogP contribution >= 0.6 is 0 Å². The molecule has 0 aliphatic rings. The van der Waals surface area contributed by atoms with Crippen molar-refractivity contribution >= 4 is 32.6 Å². The molecule has 0 aliphatic carbocycles. The van der Waals surface area contributed by atoms with E-state index in [1.165, 1.54) is 35.7 Å². The summed E-state index contributed by atoms with van der Waals surface area (Å²) in [5.74, 6) is -0.710. The third-order valence-corrected chi connectivity index (χ3v) is 7.10. The highest BCUT2D eigenvalue weighted by Gasteiger charge is 2.33. The number of halogens is 3. The first-order chi connectivity index (χ1) is 15.9. The summed E-state index contributed by atoms with van der Waals surface area (Å²) in [5, 5.41) is 3.82. The fourth-order valence-electron chi connectivity index (χ4n) is 3.43. The normalized spacial score (nSPS) is 12.6. The lowest BCUT2D eigenvalue weighted by Gasteiger charge is -2.14. The van der Waals surface area contributed by atoms with Crippen molar-refractivity contribution < 1.29 is 26.4 Å². The zero-order chi connectivity index (χ0) is 25.0. The van der Waals surface area contributed by atoms with E-state index in [1.54, 1.807) is 14.0 Å². The van der Waals surface area contributed by atoms with E-state index >= 15 is 0 Å². The van der Waals surface area contributed by atoms with Crippen LogP contribution in [-0.4, -0.2) is 67.7 Å². The number of pyridine rings is 1. The van der Waals surface area contributed by atoms with E-state index in [2.05, 4.69) is 20.1 Å². The maximum absolute atomic E-state index is 13.2. The van der Waals surface area contributed by atoms with Crippen molar-refractivity contribution in [1.29, 1.82) is 0 Å². The molecule has 4 aromatic rings. The minimum atomic E-state index is -4.62. The number of rotatable bonds is 5. The topological polar surface area (TPSA) is 115 Å². The van der Waals surface area contributed by atoms with E-state index in [0.717, 1.165) is 10.6 Å². The van der Waals surface area contributed by atoms with E-state index in [0.29, 0.717) is 12.7 Å². The van der Waals surface area contributed by atoms with Crippen molar-refractivity contribution in [2.45, 2.75) is 25.0 Å². The Hall–Kier alpha value is -3.55. The number of imidazole rings is 1. The summed E-state index contributed by atoms with van der Waals surface area (Å²) < 4.78 is 67.9. The second-order valence-electron chi connectivity index (χ2n) is 7.53. The van der Waals surface area contributed by atoms with Gasteiger partial charge in [0, 0.05) is 33.0 Å². The molecule has 0 saturated heterocycles. The van der Waals surface area contributed by atoms with Gasteiger partial charge < -0.3 is 9.47 Å². The minimum Gasteiger partial charge on any atom is -0.341 e. The first kappa shape index (κ1) is 23.6. The van der Waals surface area contributed by atoms with Crippen molar-refractivity contribution in [1.82, 2.24) is 34.0 Å². The van der Waals surface area contributed by atoms with E-state index in [-0.39, 0.29) is 44.7 Å². The summed E-state index contributed by atoms with van der Waals surface area (Å²) in [5.41, 5.74) is -0.880. The van der Waals surface area contributed by atoms with Crippen molar-refractivity contribution in [3.8, 4) is 11.4 Å². The van der Waals surface area contributed by atoms with Crippen LogP contribution in [0.1, 0.15) is 29.9 Å². The summed E-state index contributed by atoms with van der Waals surface area (Å²) >= 11 is 0. The summed E-state index contributed by atoms with van der Waals surface area (Å²) in [4.78, 5) is 26.6. The third kappa shape index (κ3) is 3.67. The van der Waals surface area contributed by atoms with Gasteiger partial charge >= 0.3 is 6.18 Å². The molecule has 0 fully saturated rings. The molecular formula is C20H20F3N7O3S. The van der Waals surface area contributed by atoms with Crippen LogP contribution in [0, 0.1) is 0 Å². The van der Waals surface area contributed by atoms with Gasteiger partial charge in [0.05, 0.1) is 11.3 Å². The van der Waals surface area contributed by atoms with Crippen LogP contribution in [0.4, 0.5) is 13.2 Å². The van der Waals surface area contributed by atoms with Gasteiger partial charge in [-0.25, -0.2) is 27.9 Å². The molecule has 0 N–H and O–H groups in total. The molecule has 0 bridgehead atoms. The van der Waals surface area contributed by atoms with Crippen LogP contribution in [0.3, 0.4) is 0 Å². The number of carbonyl (C=O) groups excluding carboxylic acids is 1. The average Bonchev–Trinajstić information content (AvgIpc) is 3.35. The molecule has 180 valence electrons. The summed E-state index contributed by atoms with van der Waals surface area (Å²) in [6, 6.07) is 2.25. The minimum absolute atomic E-state index is 0.00444.